The van der Waals surface area contributed by atoms with Crippen LogP contribution in [-0.2, 0) is 11.2 Å². The predicted octanol–water partition coefficient (Wildman–Crippen LogP) is 3.64. The van der Waals surface area contributed by atoms with E-state index in [2.05, 4.69) is 34.4 Å². The van der Waals surface area contributed by atoms with E-state index in [1.807, 2.05) is 25.1 Å². The lowest BCUT2D eigenvalue weighted by Gasteiger charge is -2.13. The van der Waals surface area contributed by atoms with Gasteiger partial charge in [-0.3, -0.25) is 10.1 Å². The molecular weight excluding hydrogens is 438 g/mol. The summed E-state index contributed by atoms with van der Waals surface area (Å²) in [7, 11) is 0. The molecule has 0 bridgehead atoms. The standard InChI is InChI=1S/C24H27N5O5/c1-13(2)16-7-4-14(3)18(11-16)26-24(33)29-23-21(22(25)32)27-19(28-23)10-15-5-8-17(9-6-15)34-12-20(30)31/h4-9,11,13H,10,12H2,1-3H3,(H2,25,32)(H,27,28)(H,30,31)(H2,26,29,33). The number of carbonyl (C=O) groups is 3. The minimum atomic E-state index is -1.06. The maximum absolute atomic E-state index is 12.6. The van der Waals surface area contributed by atoms with Crippen LogP contribution in [0.2, 0.25) is 0 Å². The normalized spacial score (nSPS) is 10.7. The van der Waals surface area contributed by atoms with Crippen molar-refractivity contribution in [1.82, 2.24) is 9.97 Å². The van der Waals surface area contributed by atoms with Gasteiger partial charge < -0.3 is 25.9 Å². The van der Waals surface area contributed by atoms with Gasteiger partial charge in [-0.1, -0.05) is 38.1 Å². The highest BCUT2D eigenvalue weighted by atomic mass is 16.5. The molecule has 0 radical (unpaired) electrons. The summed E-state index contributed by atoms with van der Waals surface area (Å²) in [5.41, 5.74) is 8.83. The van der Waals surface area contributed by atoms with Crippen LogP contribution in [0.15, 0.2) is 42.5 Å². The summed E-state index contributed by atoms with van der Waals surface area (Å²) in [4.78, 5) is 42.3. The first kappa shape index (κ1) is 24.3. The summed E-state index contributed by atoms with van der Waals surface area (Å²) >= 11 is 0. The number of nitrogens with two attached hydrogens (primary N) is 1. The highest BCUT2D eigenvalue weighted by Crippen LogP contribution is 2.23. The largest absolute Gasteiger partial charge is 0.482 e. The molecule has 3 rings (SSSR count). The van der Waals surface area contributed by atoms with Crippen LogP contribution in [0.1, 0.15) is 52.8 Å². The summed E-state index contributed by atoms with van der Waals surface area (Å²) < 4.78 is 5.11. The van der Waals surface area contributed by atoms with E-state index in [4.69, 9.17) is 15.6 Å². The third kappa shape index (κ3) is 6.35. The Morgan fingerprint density at radius 2 is 1.82 bits per heavy atom. The number of carboxylic acid groups (broad SMARTS) is 1. The van der Waals surface area contributed by atoms with Gasteiger partial charge in [0.15, 0.2) is 12.3 Å². The molecule has 1 aromatic heterocycles. The number of amides is 3. The van der Waals surface area contributed by atoms with Crippen LogP contribution in [0.5, 0.6) is 5.75 Å². The molecule has 0 aliphatic heterocycles. The third-order valence-electron chi connectivity index (χ3n) is 5.06. The zero-order valence-electron chi connectivity index (χ0n) is 19.1. The lowest BCUT2D eigenvalue weighted by Crippen LogP contribution is -2.23. The lowest BCUT2D eigenvalue weighted by molar-refractivity contribution is -0.139. The molecule has 2 aromatic carbocycles. The van der Waals surface area contributed by atoms with Gasteiger partial charge in [0.05, 0.1) is 0 Å². The van der Waals surface area contributed by atoms with Crippen LogP contribution >= 0.6 is 0 Å². The molecular formula is C24H27N5O5. The van der Waals surface area contributed by atoms with Crippen molar-refractivity contribution in [2.75, 3.05) is 17.2 Å². The van der Waals surface area contributed by atoms with E-state index in [0.717, 1.165) is 16.7 Å². The van der Waals surface area contributed by atoms with Gasteiger partial charge in [0.2, 0.25) is 0 Å². The van der Waals surface area contributed by atoms with Crippen LogP contribution < -0.4 is 21.1 Å². The molecule has 10 heteroatoms. The highest BCUT2D eigenvalue weighted by Gasteiger charge is 2.18. The monoisotopic (exact) mass is 465 g/mol. The Balaban J connectivity index is 1.71. The molecule has 10 nitrogen and oxygen atoms in total. The fraction of sp³-hybridized carbons (Fsp3) is 0.250. The van der Waals surface area contributed by atoms with Crippen molar-refractivity contribution in [1.29, 1.82) is 0 Å². The number of carbonyl (C=O) groups excluding carboxylic acids is 2. The minimum Gasteiger partial charge on any atom is -0.482 e. The van der Waals surface area contributed by atoms with E-state index >= 15 is 0 Å². The summed E-state index contributed by atoms with van der Waals surface area (Å²) in [6.45, 7) is 5.59. The van der Waals surface area contributed by atoms with Crippen LogP contribution in [0.25, 0.3) is 0 Å². The second kappa shape index (κ2) is 10.5. The van der Waals surface area contributed by atoms with Gasteiger partial charge in [-0.05, 0) is 47.7 Å². The van der Waals surface area contributed by atoms with Gasteiger partial charge in [-0.2, -0.15) is 0 Å². The molecule has 0 fully saturated rings. The number of aryl methyl sites for hydroxylation is 1. The number of hydrogen-bond donors (Lipinski definition) is 5. The third-order valence-corrected chi connectivity index (χ3v) is 5.06. The molecule has 3 aromatic rings. The number of aliphatic carboxylic acids is 1. The van der Waals surface area contributed by atoms with Crippen LogP contribution in [0, 0.1) is 6.92 Å². The molecule has 0 saturated carbocycles. The number of rotatable bonds is 9. The number of H-pyrrole nitrogens is 1. The number of benzene rings is 2. The zero-order chi connectivity index (χ0) is 24.8. The quantitative estimate of drug-likeness (QED) is 0.324. The Kier molecular flexibility index (Phi) is 7.52. The molecule has 0 aliphatic rings. The number of carboxylic acids is 1. The van der Waals surface area contributed by atoms with E-state index in [-0.39, 0.29) is 11.5 Å². The first-order valence-electron chi connectivity index (χ1n) is 10.6. The molecule has 34 heavy (non-hydrogen) atoms. The van der Waals surface area contributed by atoms with Gasteiger partial charge in [0.1, 0.15) is 17.4 Å². The molecule has 178 valence electrons. The summed E-state index contributed by atoms with van der Waals surface area (Å²) in [5, 5.41) is 14.1. The molecule has 0 unspecified atom stereocenters. The Labute approximate surface area is 196 Å². The van der Waals surface area contributed by atoms with Crippen molar-refractivity contribution in [3.8, 4) is 5.75 Å². The van der Waals surface area contributed by atoms with Gasteiger partial charge in [0, 0.05) is 12.1 Å². The number of aromatic amines is 1. The average molecular weight is 466 g/mol. The second-order valence-electron chi connectivity index (χ2n) is 8.08. The van der Waals surface area contributed by atoms with Gasteiger partial charge >= 0.3 is 12.0 Å². The Morgan fingerprint density at radius 1 is 1.12 bits per heavy atom. The SMILES string of the molecule is Cc1ccc(C(C)C)cc1NC(=O)Nc1[nH]c(Cc2ccc(OCC(=O)O)cc2)nc1C(N)=O. The van der Waals surface area contributed by atoms with Crippen LogP contribution in [0.4, 0.5) is 16.3 Å². The molecule has 0 aliphatic carbocycles. The lowest BCUT2D eigenvalue weighted by atomic mass is 10.0. The van der Waals surface area contributed by atoms with Crippen LogP contribution in [0.3, 0.4) is 0 Å². The second-order valence-corrected chi connectivity index (χ2v) is 8.08. The van der Waals surface area contributed by atoms with E-state index < -0.39 is 24.5 Å². The number of aromatic nitrogens is 2. The van der Waals surface area contributed by atoms with Crippen molar-refractivity contribution >= 4 is 29.4 Å². The zero-order valence-corrected chi connectivity index (χ0v) is 19.1. The molecule has 6 N–H and O–H groups in total. The highest BCUT2D eigenvalue weighted by molar-refractivity contribution is 6.04. The summed E-state index contributed by atoms with van der Waals surface area (Å²) in [6.07, 6.45) is 0.318. The number of anilines is 2. The van der Waals surface area contributed by atoms with E-state index in [1.165, 1.54) is 0 Å². The van der Waals surface area contributed by atoms with Crippen molar-refractivity contribution in [2.24, 2.45) is 5.73 Å². The maximum atomic E-state index is 12.6. The van der Waals surface area contributed by atoms with Gasteiger partial charge in [-0.25, -0.2) is 14.6 Å². The fourth-order valence-corrected chi connectivity index (χ4v) is 3.22. The van der Waals surface area contributed by atoms with E-state index in [1.54, 1.807) is 24.3 Å². The number of urea groups is 1. The van der Waals surface area contributed by atoms with Crippen molar-refractivity contribution in [3.05, 3.63) is 70.7 Å². The first-order chi connectivity index (χ1) is 16.1. The minimum absolute atomic E-state index is 0.0841. The van der Waals surface area contributed by atoms with Crippen LogP contribution in [-0.4, -0.2) is 39.6 Å². The molecule has 0 atom stereocenters. The average Bonchev–Trinajstić information content (AvgIpc) is 3.16. The number of nitrogens with one attached hydrogen (secondary N) is 3. The molecule has 1 heterocycles. The number of imidazole rings is 1. The van der Waals surface area contributed by atoms with Gasteiger partial charge in [-0.15, -0.1) is 0 Å². The Bertz CT molecular complexity index is 1200. The van der Waals surface area contributed by atoms with Crippen molar-refractivity contribution in [2.45, 2.75) is 33.1 Å². The molecule has 3 amide bonds. The summed E-state index contributed by atoms with van der Waals surface area (Å²) in [6, 6.07) is 12.1. The van der Waals surface area contributed by atoms with Crippen molar-refractivity contribution in [3.63, 3.8) is 0 Å². The van der Waals surface area contributed by atoms with E-state index in [9.17, 15) is 14.4 Å². The maximum Gasteiger partial charge on any atom is 0.341 e. The smallest absolute Gasteiger partial charge is 0.341 e. The van der Waals surface area contributed by atoms with Gasteiger partial charge in [0.25, 0.3) is 5.91 Å². The van der Waals surface area contributed by atoms with E-state index in [0.29, 0.717) is 29.6 Å². The fourth-order valence-electron chi connectivity index (χ4n) is 3.22. The molecule has 0 spiro atoms. The Morgan fingerprint density at radius 3 is 2.44 bits per heavy atom. The summed E-state index contributed by atoms with van der Waals surface area (Å²) in [5.74, 6) is -0.614. The number of hydrogen-bond acceptors (Lipinski definition) is 5. The number of nitrogens with zero attached hydrogens (tertiary/aromatic N) is 1. The number of primary amides is 1. The first-order valence-corrected chi connectivity index (χ1v) is 10.6. The Hall–Kier alpha value is -4.34. The molecule has 0 saturated heterocycles. The topological polar surface area (TPSA) is 159 Å². The number of ether oxygens (including phenoxy) is 1. The van der Waals surface area contributed by atoms with Crippen molar-refractivity contribution < 1.29 is 24.2 Å². The predicted molar refractivity (Wildman–Crippen MR) is 127 cm³/mol.